The standard InChI is InChI=1S/C28H24N2O5/c1-33-24-15-20-13-14-30(26(31)19-9-5-4-6-10-19)28(18-29,23(20)16-25(24)34-2)17-21-11-7-8-12-22(21)27(32)35-3/h4-16H,17H2,1-3H3. The summed E-state index contributed by atoms with van der Waals surface area (Å²) < 4.78 is 15.9. The van der Waals surface area contributed by atoms with Crippen LogP contribution in [0.15, 0.2) is 72.9 Å². The molecule has 0 fully saturated rings. The number of methoxy groups -OCH3 is 3. The third kappa shape index (κ3) is 4.11. The summed E-state index contributed by atoms with van der Waals surface area (Å²) >= 11 is 0. The molecule has 0 radical (unpaired) electrons. The van der Waals surface area contributed by atoms with E-state index in [-0.39, 0.29) is 12.3 Å². The second-order valence-corrected chi connectivity index (χ2v) is 7.95. The average molecular weight is 469 g/mol. The van der Waals surface area contributed by atoms with E-state index in [1.807, 2.05) is 6.07 Å². The molecular formula is C28H24N2O5. The van der Waals surface area contributed by atoms with Gasteiger partial charge in [0.25, 0.3) is 5.91 Å². The van der Waals surface area contributed by atoms with Crippen LogP contribution in [0.25, 0.3) is 6.08 Å². The number of hydrogen-bond acceptors (Lipinski definition) is 6. The Kier molecular flexibility index (Phi) is 6.56. The molecule has 0 saturated heterocycles. The number of ether oxygens (including phenoxy) is 3. The molecule has 0 aromatic heterocycles. The summed E-state index contributed by atoms with van der Waals surface area (Å²) in [6.07, 6.45) is 3.41. The van der Waals surface area contributed by atoms with Gasteiger partial charge < -0.3 is 14.2 Å². The van der Waals surface area contributed by atoms with Crippen LogP contribution in [0.4, 0.5) is 0 Å². The molecule has 0 N–H and O–H groups in total. The first kappa shape index (κ1) is 23.6. The Morgan fingerprint density at radius 2 is 1.60 bits per heavy atom. The Bertz CT molecular complexity index is 1340. The van der Waals surface area contributed by atoms with E-state index in [2.05, 4.69) is 6.07 Å². The summed E-state index contributed by atoms with van der Waals surface area (Å²) in [5.74, 6) is 0.0583. The fourth-order valence-corrected chi connectivity index (χ4v) is 4.36. The molecule has 0 aliphatic carbocycles. The second kappa shape index (κ2) is 9.74. The first-order valence-corrected chi connectivity index (χ1v) is 10.9. The van der Waals surface area contributed by atoms with Crippen LogP contribution < -0.4 is 9.47 Å². The maximum atomic E-state index is 13.7. The Morgan fingerprint density at radius 3 is 2.26 bits per heavy atom. The Hall–Kier alpha value is -4.57. The van der Waals surface area contributed by atoms with E-state index in [1.165, 1.54) is 26.2 Å². The van der Waals surface area contributed by atoms with Crippen LogP contribution in [0.1, 0.15) is 37.4 Å². The average Bonchev–Trinajstić information content (AvgIpc) is 2.92. The molecule has 3 aromatic carbocycles. The molecule has 0 spiro atoms. The van der Waals surface area contributed by atoms with Crippen molar-refractivity contribution in [3.05, 3.63) is 101 Å². The van der Waals surface area contributed by atoms with Crippen molar-refractivity contribution < 1.29 is 23.8 Å². The number of carbonyl (C=O) groups is 2. The van der Waals surface area contributed by atoms with E-state index in [0.717, 1.165) is 0 Å². The zero-order valence-electron chi connectivity index (χ0n) is 19.6. The van der Waals surface area contributed by atoms with E-state index < -0.39 is 11.5 Å². The maximum Gasteiger partial charge on any atom is 0.338 e. The molecule has 3 aromatic rings. The Morgan fingerprint density at radius 1 is 0.943 bits per heavy atom. The van der Waals surface area contributed by atoms with Crippen molar-refractivity contribution in [2.75, 3.05) is 21.3 Å². The first-order chi connectivity index (χ1) is 17.0. The fraction of sp³-hybridized carbons (Fsp3) is 0.179. The van der Waals surface area contributed by atoms with Gasteiger partial charge in [0.15, 0.2) is 17.0 Å². The van der Waals surface area contributed by atoms with Gasteiger partial charge in [-0.25, -0.2) is 4.79 Å². The van der Waals surface area contributed by atoms with E-state index >= 15 is 0 Å². The minimum Gasteiger partial charge on any atom is -0.493 e. The van der Waals surface area contributed by atoms with Crippen molar-refractivity contribution >= 4 is 18.0 Å². The lowest BCUT2D eigenvalue weighted by atomic mass is 9.77. The lowest BCUT2D eigenvalue weighted by molar-refractivity contribution is 0.0598. The molecule has 7 nitrogen and oxygen atoms in total. The van der Waals surface area contributed by atoms with Crippen LogP contribution in [0.5, 0.6) is 11.5 Å². The van der Waals surface area contributed by atoms with E-state index in [4.69, 9.17) is 14.2 Å². The first-order valence-electron chi connectivity index (χ1n) is 10.9. The highest BCUT2D eigenvalue weighted by Crippen LogP contribution is 2.44. The topological polar surface area (TPSA) is 88.9 Å². The zero-order chi connectivity index (χ0) is 25.0. The molecule has 35 heavy (non-hydrogen) atoms. The minimum absolute atomic E-state index is 0.0418. The predicted molar refractivity (Wildman–Crippen MR) is 130 cm³/mol. The molecule has 176 valence electrons. The van der Waals surface area contributed by atoms with Crippen molar-refractivity contribution in [2.45, 2.75) is 12.0 Å². The summed E-state index contributed by atoms with van der Waals surface area (Å²) in [4.78, 5) is 27.6. The summed E-state index contributed by atoms with van der Waals surface area (Å²) in [6, 6.07) is 21.5. The normalized spacial score (nSPS) is 16.1. The van der Waals surface area contributed by atoms with Crippen molar-refractivity contribution in [1.29, 1.82) is 5.26 Å². The fourth-order valence-electron chi connectivity index (χ4n) is 4.36. The number of fused-ring (bicyclic) bond motifs is 1. The van der Waals surface area contributed by atoms with E-state index in [0.29, 0.717) is 39.3 Å². The maximum absolute atomic E-state index is 13.7. The molecular weight excluding hydrogens is 444 g/mol. The van der Waals surface area contributed by atoms with Gasteiger partial charge >= 0.3 is 5.97 Å². The number of carbonyl (C=O) groups excluding carboxylic acids is 2. The SMILES string of the molecule is COC(=O)c1ccccc1CC1(C#N)c2cc(OC)c(OC)cc2C=CN1C(=O)c1ccccc1. The Labute approximate surface area is 203 Å². The molecule has 0 saturated carbocycles. The van der Waals surface area contributed by atoms with Gasteiger partial charge in [0, 0.05) is 23.7 Å². The van der Waals surface area contributed by atoms with Crippen LogP contribution >= 0.6 is 0 Å². The summed E-state index contributed by atoms with van der Waals surface area (Å²) in [6.45, 7) is 0. The summed E-state index contributed by atoms with van der Waals surface area (Å²) in [5, 5.41) is 10.7. The number of hydrogen-bond donors (Lipinski definition) is 0. The molecule has 1 aliphatic rings. The summed E-state index contributed by atoms with van der Waals surface area (Å²) in [5.41, 5.74) is 1.11. The Balaban J connectivity index is 1.96. The van der Waals surface area contributed by atoms with Crippen molar-refractivity contribution in [3.8, 4) is 17.6 Å². The number of esters is 1. The third-order valence-electron chi connectivity index (χ3n) is 6.11. The van der Waals surface area contributed by atoms with Crippen molar-refractivity contribution in [3.63, 3.8) is 0 Å². The van der Waals surface area contributed by atoms with Gasteiger partial charge in [0.1, 0.15) is 0 Å². The van der Waals surface area contributed by atoms with Gasteiger partial charge in [0.2, 0.25) is 0 Å². The van der Waals surface area contributed by atoms with Crippen molar-refractivity contribution in [2.24, 2.45) is 0 Å². The highest BCUT2D eigenvalue weighted by molar-refractivity contribution is 5.97. The highest BCUT2D eigenvalue weighted by atomic mass is 16.5. The number of rotatable bonds is 6. The third-order valence-corrected chi connectivity index (χ3v) is 6.11. The van der Waals surface area contributed by atoms with E-state index in [9.17, 15) is 14.9 Å². The zero-order valence-corrected chi connectivity index (χ0v) is 19.6. The highest BCUT2D eigenvalue weighted by Gasteiger charge is 2.46. The molecule has 7 heteroatoms. The van der Waals surface area contributed by atoms with Crippen LogP contribution in [0.2, 0.25) is 0 Å². The van der Waals surface area contributed by atoms with Gasteiger partial charge in [-0.05, 0) is 47.5 Å². The molecule has 0 bridgehead atoms. The summed E-state index contributed by atoms with van der Waals surface area (Å²) in [7, 11) is 4.35. The number of amides is 1. The molecule has 1 amide bonds. The van der Waals surface area contributed by atoms with Gasteiger partial charge in [-0.2, -0.15) is 5.26 Å². The van der Waals surface area contributed by atoms with E-state index in [1.54, 1.807) is 72.9 Å². The molecule has 1 aliphatic heterocycles. The molecule has 1 unspecified atom stereocenters. The van der Waals surface area contributed by atoms with Gasteiger partial charge in [-0.1, -0.05) is 36.4 Å². The van der Waals surface area contributed by atoms with Crippen LogP contribution in [-0.2, 0) is 16.7 Å². The van der Waals surface area contributed by atoms with Crippen LogP contribution in [-0.4, -0.2) is 38.1 Å². The second-order valence-electron chi connectivity index (χ2n) is 7.95. The van der Waals surface area contributed by atoms with Gasteiger partial charge in [-0.3, -0.25) is 9.69 Å². The monoisotopic (exact) mass is 468 g/mol. The number of nitrogens with zero attached hydrogens (tertiary/aromatic N) is 2. The largest absolute Gasteiger partial charge is 0.493 e. The lowest BCUT2D eigenvalue weighted by Gasteiger charge is -2.41. The predicted octanol–water partition coefficient (Wildman–Crippen LogP) is 4.58. The van der Waals surface area contributed by atoms with Crippen LogP contribution in [0.3, 0.4) is 0 Å². The minimum atomic E-state index is -1.49. The molecule has 4 rings (SSSR count). The smallest absolute Gasteiger partial charge is 0.338 e. The molecule has 1 heterocycles. The van der Waals surface area contributed by atoms with Gasteiger partial charge in [-0.15, -0.1) is 0 Å². The van der Waals surface area contributed by atoms with Crippen molar-refractivity contribution in [1.82, 2.24) is 4.90 Å². The number of nitriles is 1. The lowest BCUT2D eigenvalue weighted by Crippen LogP contribution is -2.49. The van der Waals surface area contributed by atoms with Gasteiger partial charge in [0.05, 0.1) is 33.0 Å². The quantitative estimate of drug-likeness (QED) is 0.492. The number of benzene rings is 3. The molecule has 1 atom stereocenters. The van der Waals surface area contributed by atoms with Crippen LogP contribution in [0, 0.1) is 11.3 Å².